The van der Waals surface area contributed by atoms with Crippen molar-refractivity contribution in [1.82, 2.24) is 19.0 Å². The standard InChI is InChI=1S/C17H20N6O3S/c1-13(24)21-6-8-22(9-7-21)15-10-14(11-23-5-4-19-16(15)23)27(25,26)20-17(12-18)2-3-17/h4-5,10-11,20H,2-3,6-9H2,1H3. The van der Waals surface area contributed by atoms with Crippen molar-refractivity contribution in [3.8, 4) is 6.07 Å². The maximum absolute atomic E-state index is 12.8. The first kappa shape index (κ1) is 17.8. The van der Waals surface area contributed by atoms with E-state index in [2.05, 4.69) is 9.71 Å². The van der Waals surface area contributed by atoms with Crippen LogP contribution in [0, 0.1) is 11.3 Å². The van der Waals surface area contributed by atoms with Gasteiger partial charge in [0.25, 0.3) is 0 Å². The number of hydrogen-bond donors (Lipinski definition) is 1. The predicted octanol–water partition coefficient (Wildman–Crippen LogP) is 0.337. The molecule has 1 N–H and O–H groups in total. The molecule has 1 aliphatic heterocycles. The minimum Gasteiger partial charge on any atom is -0.365 e. The molecule has 3 heterocycles. The lowest BCUT2D eigenvalue weighted by Gasteiger charge is -2.35. The van der Waals surface area contributed by atoms with E-state index in [1.54, 1.807) is 34.7 Å². The third kappa shape index (κ3) is 3.24. The lowest BCUT2D eigenvalue weighted by Crippen LogP contribution is -2.48. The molecule has 0 atom stereocenters. The van der Waals surface area contributed by atoms with Crippen molar-refractivity contribution in [1.29, 1.82) is 5.26 Å². The van der Waals surface area contributed by atoms with Crippen molar-refractivity contribution >= 4 is 27.3 Å². The van der Waals surface area contributed by atoms with Gasteiger partial charge in [-0.1, -0.05) is 0 Å². The Labute approximate surface area is 157 Å². The Morgan fingerprint density at radius 2 is 2.00 bits per heavy atom. The first-order valence-corrected chi connectivity index (χ1v) is 10.2. The monoisotopic (exact) mass is 388 g/mol. The number of carbonyl (C=O) groups excluding carboxylic acids is 1. The number of nitriles is 1. The van der Waals surface area contributed by atoms with E-state index in [0.29, 0.717) is 50.4 Å². The van der Waals surface area contributed by atoms with Crippen LogP contribution < -0.4 is 9.62 Å². The molecule has 9 nitrogen and oxygen atoms in total. The van der Waals surface area contributed by atoms with Gasteiger partial charge in [-0.3, -0.25) is 4.79 Å². The van der Waals surface area contributed by atoms with E-state index in [4.69, 9.17) is 0 Å². The number of anilines is 1. The number of aromatic nitrogens is 2. The number of imidazole rings is 1. The molecule has 2 fully saturated rings. The molecule has 1 aliphatic carbocycles. The van der Waals surface area contributed by atoms with Crippen LogP contribution in [0.5, 0.6) is 0 Å². The highest BCUT2D eigenvalue weighted by molar-refractivity contribution is 7.89. The van der Waals surface area contributed by atoms with Gasteiger partial charge in [0, 0.05) is 51.7 Å². The van der Waals surface area contributed by atoms with Crippen LogP contribution in [0.4, 0.5) is 5.69 Å². The summed E-state index contributed by atoms with van der Waals surface area (Å²) in [6, 6.07) is 3.65. The number of nitrogens with zero attached hydrogens (tertiary/aromatic N) is 5. The number of carbonyl (C=O) groups is 1. The summed E-state index contributed by atoms with van der Waals surface area (Å²) in [4.78, 5) is 19.8. The fraction of sp³-hybridized carbons (Fsp3) is 0.471. The van der Waals surface area contributed by atoms with Gasteiger partial charge in [0.1, 0.15) is 10.4 Å². The van der Waals surface area contributed by atoms with Crippen LogP contribution in [0.1, 0.15) is 19.8 Å². The van der Waals surface area contributed by atoms with Crippen LogP contribution in [0.25, 0.3) is 5.65 Å². The van der Waals surface area contributed by atoms with E-state index in [-0.39, 0.29) is 10.8 Å². The smallest absolute Gasteiger partial charge is 0.243 e. The number of amides is 1. The number of pyridine rings is 1. The van der Waals surface area contributed by atoms with Gasteiger partial charge < -0.3 is 14.2 Å². The third-order valence-electron chi connectivity index (χ3n) is 5.11. The Morgan fingerprint density at radius 3 is 2.59 bits per heavy atom. The zero-order chi connectivity index (χ0) is 19.2. The van der Waals surface area contributed by atoms with Gasteiger partial charge in [0.05, 0.1) is 11.8 Å². The second-order valence-electron chi connectivity index (χ2n) is 7.01. The van der Waals surface area contributed by atoms with Crippen molar-refractivity contribution < 1.29 is 13.2 Å². The SMILES string of the molecule is CC(=O)N1CCN(c2cc(S(=O)(=O)NC3(C#N)CC3)cn3ccnc23)CC1. The van der Waals surface area contributed by atoms with Gasteiger partial charge in [-0.25, -0.2) is 13.4 Å². The van der Waals surface area contributed by atoms with Crippen molar-refractivity contribution in [3.05, 3.63) is 24.7 Å². The third-order valence-corrected chi connectivity index (χ3v) is 6.62. The highest BCUT2D eigenvalue weighted by Gasteiger charge is 2.47. The van der Waals surface area contributed by atoms with Crippen molar-refractivity contribution in [2.75, 3.05) is 31.1 Å². The summed E-state index contributed by atoms with van der Waals surface area (Å²) in [5, 5.41) is 9.20. The Kier molecular flexibility index (Phi) is 4.09. The first-order chi connectivity index (χ1) is 12.8. The summed E-state index contributed by atoms with van der Waals surface area (Å²) in [5.41, 5.74) is 0.384. The predicted molar refractivity (Wildman–Crippen MR) is 97.6 cm³/mol. The van der Waals surface area contributed by atoms with Gasteiger partial charge in [0.2, 0.25) is 15.9 Å². The minimum absolute atomic E-state index is 0.0346. The normalized spacial score (nSPS) is 19.1. The summed E-state index contributed by atoms with van der Waals surface area (Å²) in [6.45, 7) is 3.90. The van der Waals surface area contributed by atoms with Gasteiger partial charge in [-0.15, -0.1) is 0 Å². The van der Waals surface area contributed by atoms with Crippen LogP contribution in [0.15, 0.2) is 29.6 Å². The molecule has 27 heavy (non-hydrogen) atoms. The molecule has 1 amide bonds. The summed E-state index contributed by atoms with van der Waals surface area (Å²) >= 11 is 0. The number of sulfonamides is 1. The molecular formula is C17H20N6O3S. The van der Waals surface area contributed by atoms with Crippen molar-refractivity contribution in [3.63, 3.8) is 0 Å². The molecule has 2 aromatic rings. The summed E-state index contributed by atoms with van der Waals surface area (Å²) < 4.78 is 29.8. The quantitative estimate of drug-likeness (QED) is 0.808. The number of piperazine rings is 1. The molecule has 4 rings (SSSR count). The molecule has 1 saturated heterocycles. The van der Waals surface area contributed by atoms with E-state index in [1.165, 1.54) is 6.20 Å². The van der Waals surface area contributed by atoms with E-state index in [0.717, 1.165) is 0 Å². The van der Waals surface area contributed by atoms with E-state index in [1.807, 2.05) is 11.0 Å². The summed E-state index contributed by atoms with van der Waals surface area (Å²) in [6.07, 6.45) is 5.87. The molecule has 0 bridgehead atoms. The Bertz CT molecular complexity index is 1040. The van der Waals surface area contributed by atoms with Crippen LogP contribution >= 0.6 is 0 Å². The highest BCUT2D eigenvalue weighted by atomic mass is 32.2. The molecule has 0 spiro atoms. The van der Waals surface area contributed by atoms with E-state index < -0.39 is 15.6 Å². The zero-order valence-corrected chi connectivity index (χ0v) is 15.7. The fourth-order valence-corrected chi connectivity index (χ4v) is 4.71. The average Bonchev–Trinajstić information content (AvgIpc) is 3.24. The number of nitrogens with one attached hydrogen (secondary N) is 1. The summed E-state index contributed by atoms with van der Waals surface area (Å²) in [5.74, 6) is 0.0346. The summed E-state index contributed by atoms with van der Waals surface area (Å²) in [7, 11) is -3.83. The molecule has 0 aromatic carbocycles. The second kappa shape index (κ2) is 6.21. The first-order valence-electron chi connectivity index (χ1n) is 8.76. The van der Waals surface area contributed by atoms with Gasteiger partial charge >= 0.3 is 0 Å². The molecule has 142 valence electrons. The maximum atomic E-state index is 12.8. The molecule has 0 unspecified atom stereocenters. The van der Waals surface area contributed by atoms with Crippen molar-refractivity contribution in [2.45, 2.75) is 30.2 Å². The molecule has 1 saturated carbocycles. The largest absolute Gasteiger partial charge is 0.365 e. The molecule has 10 heteroatoms. The number of hydrogen-bond acceptors (Lipinski definition) is 6. The van der Waals surface area contributed by atoms with E-state index >= 15 is 0 Å². The second-order valence-corrected chi connectivity index (χ2v) is 8.69. The Morgan fingerprint density at radius 1 is 1.30 bits per heavy atom. The Balaban J connectivity index is 1.69. The van der Waals surface area contributed by atoms with Crippen LogP contribution in [0.3, 0.4) is 0 Å². The zero-order valence-electron chi connectivity index (χ0n) is 14.9. The van der Waals surface area contributed by atoms with Crippen molar-refractivity contribution in [2.24, 2.45) is 0 Å². The highest BCUT2D eigenvalue weighted by Crippen LogP contribution is 2.36. The number of fused-ring (bicyclic) bond motifs is 1. The van der Waals surface area contributed by atoms with Crippen LogP contribution in [-0.2, 0) is 14.8 Å². The molecule has 2 aliphatic rings. The lowest BCUT2D eigenvalue weighted by atomic mass is 10.2. The lowest BCUT2D eigenvalue weighted by molar-refractivity contribution is -0.129. The maximum Gasteiger partial charge on any atom is 0.243 e. The van der Waals surface area contributed by atoms with Crippen LogP contribution in [0.2, 0.25) is 0 Å². The average molecular weight is 388 g/mol. The minimum atomic E-state index is -3.83. The van der Waals surface area contributed by atoms with Gasteiger partial charge in [-0.2, -0.15) is 9.98 Å². The number of rotatable bonds is 4. The van der Waals surface area contributed by atoms with Gasteiger partial charge in [-0.05, 0) is 18.9 Å². The molecular weight excluding hydrogens is 368 g/mol. The molecule has 0 radical (unpaired) electrons. The topological polar surface area (TPSA) is 111 Å². The van der Waals surface area contributed by atoms with Crippen LogP contribution in [-0.4, -0.2) is 60.3 Å². The fourth-order valence-electron chi connectivity index (χ4n) is 3.31. The van der Waals surface area contributed by atoms with E-state index in [9.17, 15) is 18.5 Å². The molecule has 2 aromatic heterocycles. The Hall–Kier alpha value is -2.64. The van der Waals surface area contributed by atoms with Gasteiger partial charge in [0.15, 0.2) is 5.65 Å².